The molecule has 0 aliphatic carbocycles. The summed E-state index contributed by atoms with van der Waals surface area (Å²) in [5.41, 5.74) is 4.55. The van der Waals surface area contributed by atoms with Crippen molar-refractivity contribution >= 4 is 30.6 Å². The van der Waals surface area contributed by atoms with Crippen molar-refractivity contribution in [1.82, 2.24) is 0 Å². The molecule has 2 N–H and O–H groups in total. The minimum Gasteiger partial charge on any atom is -0.364 e. The Morgan fingerprint density at radius 3 is 2.15 bits per heavy atom. The van der Waals surface area contributed by atoms with Gasteiger partial charge in [-0.3, -0.25) is 19.5 Å². The summed E-state index contributed by atoms with van der Waals surface area (Å²) in [4.78, 5) is 37.9. The Hall–Kier alpha value is -2.62. The molecule has 1 aromatic rings. The number of carbonyl (C=O) groups excluding carboxylic acids is 2. The van der Waals surface area contributed by atoms with Crippen molar-refractivity contribution in [3.05, 3.63) is 39.9 Å². The van der Waals surface area contributed by atoms with Crippen LogP contribution in [0.15, 0.2) is 29.4 Å². The Kier molecular flexibility index (Phi) is 8.04. The number of hydrogen-bond acceptors (Lipinski definition) is 9. The molecule has 0 saturated carbocycles. The van der Waals surface area contributed by atoms with Crippen LogP contribution in [0.5, 0.6) is 0 Å². The Balaban J connectivity index is 2.89. The molecule has 1 rings (SSSR count). The van der Waals surface area contributed by atoms with Crippen LogP contribution in [0, 0.1) is 10.1 Å². The number of nitrogens with two attached hydrogens (primary N) is 1. The number of nitro groups is 1. The van der Waals surface area contributed by atoms with E-state index >= 15 is 0 Å². The lowest BCUT2D eigenvalue weighted by atomic mass is 10.1. The average molecular weight is 387 g/mol. The Bertz CT molecular complexity index is 737. The van der Waals surface area contributed by atoms with Gasteiger partial charge in [-0.25, -0.2) is 4.79 Å². The van der Waals surface area contributed by atoms with Gasteiger partial charge in [0.05, 0.1) is 24.6 Å². The maximum Gasteiger partial charge on any atom is 0.388 e. The summed E-state index contributed by atoms with van der Waals surface area (Å²) in [6.45, 7) is 2.93. The summed E-state index contributed by atoms with van der Waals surface area (Å²) in [7, 11) is -4.12. The lowest BCUT2D eigenvalue weighted by Crippen LogP contribution is -2.26. The van der Waals surface area contributed by atoms with E-state index < -0.39 is 29.8 Å². The molecule has 0 saturated heterocycles. The van der Waals surface area contributed by atoms with Crippen molar-refractivity contribution in [2.75, 3.05) is 13.2 Å². The molecule has 0 aromatic heterocycles. The maximum atomic E-state index is 12.5. The van der Waals surface area contributed by atoms with Crippen molar-refractivity contribution in [3.63, 3.8) is 0 Å². The first-order valence-corrected chi connectivity index (χ1v) is 8.98. The van der Waals surface area contributed by atoms with Gasteiger partial charge in [0.25, 0.3) is 17.0 Å². The highest BCUT2D eigenvalue weighted by Crippen LogP contribution is 2.49. The first kappa shape index (κ1) is 21.4. The number of oxime groups is 1. The van der Waals surface area contributed by atoms with Crippen LogP contribution in [-0.4, -0.2) is 35.5 Å². The number of carbonyl (C=O) groups is 2. The first-order chi connectivity index (χ1) is 12.2. The molecule has 0 heterocycles. The van der Waals surface area contributed by atoms with Gasteiger partial charge >= 0.3 is 13.6 Å². The Morgan fingerprint density at radius 1 is 1.19 bits per heavy atom. The minimum atomic E-state index is -4.12. The van der Waals surface area contributed by atoms with E-state index in [1.807, 2.05) is 0 Å². The molecule has 0 atom stereocenters. The molecule has 0 fully saturated rings. The van der Waals surface area contributed by atoms with Crippen molar-refractivity contribution in [2.45, 2.75) is 20.3 Å². The molecular weight excluding hydrogens is 369 g/mol. The van der Waals surface area contributed by atoms with Crippen LogP contribution in [0.3, 0.4) is 0 Å². The van der Waals surface area contributed by atoms with Crippen molar-refractivity contribution in [3.8, 4) is 0 Å². The third-order valence-electron chi connectivity index (χ3n) is 2.81. The van der Waals surface area contributed by atoms with Crippen LogP contribution in [0.4, 0.5) is 5.69 Å². The fraction of sp³-hybridized carbons (Fsp3) is 0.357. The summed E-state index contributed by atoms with van der Waals surface area (Å²) >= 11 is 0. The standard InChI is InChI=1S/C14H18N3O8P/c1-3-23-26(22,24-4-2)14(13(15)19)16-25-12(18)9-10-5-7-11(8-6-10)17(20)21/h5-8H,3-4,9H2,1-2H3,(H2,15,19)/b16-14-. The van der Waals surface area contributed by atoms with Gasteiger partial charge in [-0.2, -0.15) is 0 Å². The SMILES string of the molecule is CCOP(=O)(OCC)/C(=N\OC(=O)Cc1ccc([N+](=O)[O-])cc1)C(N)=O. The van der Waals surface area contributed by atoms with Crippen LogP contribution in [0.2, 0.25) is 0 Å². The van der Waals surface area contributed by atoms with E-state index in [-0.39, 0.29) is 25.3 Å². The molecular formula is C14H18N3O8P. The zero-order valence-corrected chi connectivity index (χ0v) is 15.0. The molecule has 0 unspecified atom stereocenters. The zero-order chi connectivity index (χ0) is 19.7. The van der Waals surface area contributed by atoms with Gasteiger partial charge in [-0.1, -0.05) is 17.3 Å². The zero-order valence-electron chi connectivity index (χ0n) is 14.1. The summed E-state index contributed by atoms with van der Waals surface area (Å²) in [5.74, 6) is -2.13. The number of rotatable bonds is 10. The van der Waals surface area contributed by atoms with Gasteiger partial charge in [0.1, 0.15) is 0 Å². The van der Waals surface area contributed by atoms with E-state index in [1.54, 1.807) is 0 Å². The van der Waals surface area contributed by atoms with Crippen LogP contribution < -0.4 is 5.73 Å². The van der Waals surface area contributed by atoms with Crippen molar-refractivity contribution < 1.29 is 33.0 Å². The quantitative estimate of drug-likeness (QED) is 0.209. The average Bonchev–Trinajstić information content (AvgIpc) is 2.55. The smallest absolute Gasteiger partial charge is 0.364 e. The molecule has 12 heteroatoms. The topological polar surface area (TPSA) is 160 Å². The second-order valence-corrected chi connectivity index (χ2v) is 6.61. The minimum absolute atomic E-state index is 0.0552. The van der Waals surface area contributed by atoms with Crippen molar-refractivity contribution in [2.24, 2.45) is 10.9 Å². The highest BCUT2D eigenvalue weighted by Gasteiger charge is 2.37. The van der Waals surface area contributed by atoms with Gasteiger partial charge < -0.3 is 19.6 Å². The van der Waals surface area contributed by atoms with E-state index in [2.05, 4.69) is 9.99 Å². The molecule has 0 spiro atoms. The van der Waals surface area contributed by atoms with Crippen LogP contribution in [0.1, 0.15) is 19.4 Å². The fourth-order valence-electron chi connectivity index (χ4n) is 1.76. The van der Waals surface area contributed by atoms with Gasteiger partial charge in [0.15, 0.2) is 0 Å². The van der Waals surface area contributed by atoms with Gasteiger partial charge in [-0.05, 0) is 19.4 Å². The third kappa shape index (κ3) is 6.03. The third-order valence-corrected chi connectivity index (χ3v) is 4.82. The summed E-state index contributed by atoms with van der Waals surface area (Å²) in [5, 5.41) is 13.8. The summed E-state index contributed by atoms with van der Waals surface area (Å²) < 4.78 is 22.3. The van der Waals surface area contributed by atoms with E-state index in [9.17, 15) is 24.3 Å². The number of benzene rings is 1. The van der Waals surface area contributed by atoms with Gasteiger partial charge in [0.2, 0.25) is 0 Å². The highest BCUT2D eigenvalue weighted by atomic mass is 31.2. The van der Waals surface area contributed by atoms with Gasteiger partial charge in [0, 0.05) is 12.1 Å². The lowest BCUT2D eigenvalue weighted by Gasteiger charge is -2.16. The molecule has 0 bridgehead atoms. The molecule has 1 aromatic carbocycles. The second kappa shape index (κ2) is 9.76. The predicted molar refractivity (Wildman–Crippen MR) is 90.4 cm³/mol. The number of nitro benzene ring substituents is 1. The second-order valence-electron chi connectivity index (χ2n) is 4.68. The Morgan fingerprint density at radius 2 is 1.73 bits per heavy atom. The summed E-state index contributed by atoms with van der Waals surface area (Å²) in [6.07, 6.45) is -0.291. The predicted octanol–water partition coefficient (Wildman–Crippen LogP) is 1.75. The molecule has 0 aliphatic rings. The number of primary amides is 1. The molecule has 142 valence electrons. The van der Waals surface area contributed by atoms with Gasteiger partial charge in [-0.15, -0.1) is 0 Å². The van der Waals surface area contributed by atoms with E-state index in [0.717, 1.165) is 0 Å². The molecule has 1 amide bonds. The number of nitrogens with zero attached hydrogens (tertiary/aromatic N) is 2. The summed E-state index contributed by atoms with van der Waals surface area (Å²) in [6, 6.07) is 5.17. The molecule has 11 nitrogen and oxygen atoms in total. The Labute approximate surface area is 148 Å². The molecule has 0 radical (unpaired) electrons. The highest BCUT2D eigenvalue weighted by molar-refractivity contribution is 7.75. The van der Waals surface area contributed by atoms with Crippen molar-refractivity contribution in [1.29, 1.82) is 0 Å². The van der Waals surface area contributed by atoms with Crippen LogP contribution in [-0.2, 0) is 34.5 Å². The monoisotopic (exact) mass is 387 g/mol. The molecule has 26 heavy (non-hydrogen) atoms. The lowest BCUT2D eigenvalue weighted by molar-refractivity contribution is -0.384. The maximum absolute atomic E-state index is 12.5. The first-order valence-electron chi connectivity index (χ1n) is 7.44. The van der Waals surface area contributed by atoms with E-state index in [4.69, 9.17) is 14.8 Å². The largest absolute Gasteiger partial charge is 0.388 e. The van der Waals surface area contributed by atoms with Crippen LogP contribution in [0.25, 0.3) is 0 Å². The normalized spacial score (nSPS) is 11.8. The number of amides is 1. The van der Waals surface area contributed by atoms with Crippen LogP contribution >= 0.6 is 7.60 Å². The number of hydrogen-bond donors (Lipinski definition) is 1. The van der Waals surface area contributed by atoms with E-state index in [1.165, 1.54) is 38.1 Å². The molecule has 0 aliphatic heterocycles. The number of non-ortho nitro benzene ring substituents is 1. The van der Waals surface area contributed by atoms with E-state index in [0.29, 0.717) is 5.56 Å². The fourth-order valence-corrected chi connectivity index (χ4v) is 3.17.